The SMILES string of the molecule is CCNC(=NCc1ccon1)NCCCc1ccc(Br)cc1F. The monoisotopic (exact) mass is 382 g/mol. The fourth-order valence-corrected chi connectivity index (χ4v) is 2.36. The van der Waals surface area contributed by atoms with E-state index in [2.05, 4.69) is 36.7 Å². The molecule has 2 aromatic rings. The number of aromatic nitrogens is 1. The van der Waals surface area contributed by atoms with Crippen molar-refractivity contribution in [3.05, 3.63) is 52.1 Å². The molecule has 1 aromatic carbocycles. The van der Waals surface area contributed by atoms with Crippen molar-refractivity contribution in [2.24, 2.45) is 4.99 Å². The third kappa shape index (κ3) is 6.02. The maximum atomic E-state index is 13.7. The van der Waals surface area contributed by atoms with Crippen LogP contribution in [0.1, 0.15) is 24.6 Å². The Balaban J connectivity index is 1.78. The molecule has 0 bridgehead atoms. The third-order valence-corrected chi connectivity index (χ3v) is 3.66. The lowest BCUT2D eigenvalue weighted by Crippen LogP contribution is -2.37. The molecule has 124 valence electrons. The van der Waals surface area contributed by atoms with E-state index < -0.39 is 0 Å². The van der Waals surface area contributed by atoms with Crippen LogP contribution in [-0.4, -0.2) is 24.2 Å². The van der Waals surface area contributed by atoms with Crippen LogP contribution in [0.25, 0.3) is 0 Å². The van der Waals surface area contributed by atoms with Crippen molar-refractivity contribution >= 4 is 21.9 Å². The number of aliphatic imine (C=N–C) groups is 1. The number of halogens is 2. The van der Waals surface area contributed by atoms with Crippen molar-refractivity contribution in [3.8, 4) is 0 Å². The number of benzene rings is 1. The summed E-state index contributed by atoms with van der Waals surface area (Å²) < 4.78 is 19.3. The van der Waals surface area contributed by atoms with Crippen molar-refractivity contribution in [1.29, 1.82) is 0 Å². The normalized spacial score (nSPS) is 11.5. The summed E-state index contributed by atoms with van der Waals surface area (Å²) in [6, 6.07) is 6.94. The zero-order valence-corrected chi connectivity index (χ0v) is 14.6. The Morgan fingerprint density at radius 1 is 1.35 bits per heavy atom. The van der Waals surface area contributed by atoms with Gasteiger partial charge in [-0.2, -0.15) is 0 Å². The molecular weight excluding hydrogens is 363 g/mol. The minimum Gasteiger partial charge on any atom is -0.364 e. The van der Waals surface area contributed by atoms with Crippen LogP contribution in [-0.2, 0) is 13.0 Å². The fourth-order valence-electron chi connectivity index (χ4n) is 2.03. The fraction of sp³-hybridized carbons (Fsp3) is 0.375. The highest BCUT2D eigenvalue weighted by atomic mass is 79.9. The maximum absolute atomic E-state index is 13.7. The number of aryl methyl sites for hydroxylation is 1. The predicted molar refractivity (Wildman–Crippen MR) is 91.7 cm³/mol. The van der Waals surface area contributed by atoms with Gasteiger partial charge in [-0.25, -0.2) is 9.38 Å². The average Bonchev–Trinajstić information content (AvgIpc) is 3.04. The van der Waals surface area contributed by atoms with Gasteiger partial charge >= 0.3 is 0 Å². The molecular formula is C16H20BrFN4O. The van der Waals surface area contributed by atoms with E-state index in [-0.39, 0.29) is 5.82 Å². The van der Waals surface area contributed by atoms with Gasteiger partial charge in [0.2, 0.25) is 0 Å². The average molecular weight is 383 g/mol. The molecule has 0 fully saturated rings. The topological polar surface area (TPSA) is 62.5 Å². The first-order valence-electron chi connectivity index (χ1n) is 7.54. The van der Waals surface area contributed by atoms with Crippen molar-refractivity contribution in [2.45, 2.75) is 26.3 Å². The lowest BCUT2D eigenvalue weighted by atomic mass is 10.1. The van der Waals surface area contributed by atoms with Crippen LogP contribution in [0.15, 0.2) is 44.5 Å². The van der Waals surface area contributed by atoms with Crippen molar-refractivity contribution in [3.63, 3.8) is 0 Å². The number of rotatable bonds is 7. The predicted octanol–water partition coefficient (Wildman–Crippen LogP) is 3.26. The van der Waals surface area contributed by atoms with Gasteiger partial charge in [0.25, 0.3) is 0 Å². The van der Waals surface area contributed by atoms with Crippen molar-refractivity contribution in [1.82, 2.24) is 15.8 Å². The summed E-state index contributed by atoms with van der Waals surface area (Å²) in [4.78, 5) is 4.42. The molecule has 0 radical (unpaired) electrons. The minimum atomic E-state index is -0.175. The Kier molecular flexibility index (Phi) is 7.06. The van der Waals surface area contributed by atoms with E-state index in [9.17, 15) is 4.39 Å². The number of guanidine groups is 1. The van der Waals surface area contributed by atoms with Gasteiger partial charge in [-0.3, -0.25) is 0 Å². The maximum Gasteiger partial charge on any atom is 0.191 e. The molecule has 23 heavy (non-hydrogen) atoms. The number of nitrogens with zero attached hydrogens (tertiary/aromatic N) is 2. The quantitative estimate of drug-likeness (QED) is 0.438. The molecule has 0 aliphatic rings. The summed E-state index contributed by atoms with van der Waals surface area (Å²) in [6.45, 7) is 3.93. The lowest BCUT2D eigenvalue weighted by Gasteiger charge is -2.11. The molecule has 0 aliphatic carbocycles. The highest BCUT2D eigenvalue weighted by Gasteiger charge is 2.03. The molecule has 2 rings (SSSR count). The first kappa shape index (κ1) is 17.5. The zero-order valence-electron chi connectivity index (χ0n) is 13.0. The lowest BCUT2D eigenvalue weighted by molar-refractivity contribution is 0.412. The number of nitrogens with one attached hydrogen (secondary N) is 2. The first-order valence-corrected chi connectivity index (χ1v) is 8.33. The van der Waals surface area contributed by atoms with Crippen molar-refractivity contribution < 1.29 is 8.91 Å². The third-order valence-electron chi connectivity index (χ3n) is 3.17. The number of hydrogen-bond donors (Lipinski definition) is 2. The largest absolute Gasteiger partial charge is 0.364 e. The molecule has 0 aliphatic heterocycles. The summed E-state index contributed by atoms with van der Waals surface area (Å²) in [5, 5.41) is 10.2. The van der Waals surface area contributed by atoms with Gasteiger partial charge in [0, 0.05) is 23.6 Å². The minimum absolute atomic E-state index is 0.175. The summed E-state index contributed by atoms with van der Waals surface area (Å²) >= 11 is 3.26. The van der Waals surface area contributed by atoms with Gasteiger partial charge < -0.3 is 15.2 Å². The molecule has 2 N–H and O–H groups in total. The Morgan fingerprint density at radius 3 is 2.91 bits per heavy atom. The van der Waals surface area contributed by atoms with Crippen LogP contribution in [0.2, 0.25) is 0 Å². The van der Waals surface area contributed by atoms with E-state index >= 15 is 0 Å². The highest BCUT2D eigenvalue weighted by Crippen LogP contribution is 2.16. The molecule has 0 saturated carbocycles. The Bertz CT molecular complexity index is 631. The highest BCUT2D eigenvalue weighted by molar-refractivity contribution is 9.10. The van der Waals surface area contributed by atoms with Gasteiger partial charge in [-0.1, -0.05) is 27.2 Å². The Hall–Kier alpha value is -1.89. The van der Waals surface area contributed by atoms with Crippen LogP contribution in [0.3, 0.4) is 0 Å². The second-order valence-corrected chi connectivity index (χ2v) is 5.87. The van der Waals surface area contributed by atoms with Crippen molar-refractivity contribution in [2.75, 3.05) is 13.1 Å². The van der Waals surface area contributed by atoms with Gasteiger partial charge in [-0.05, 0) is 37.5 Å². The summed E-state index contributed by atoms with van der Waals surface area (Å²) in [7, 11) is 0. The summed E-state index contributed by atoms with van der Waals surface area (Å²) in [6.07, 6.45) is 3.01. The van der Waals surface area contributed by atoms with Gasteiger partial charge in [0.1, 0.15) is 17.8 Å². The molecule has 0 saturated heterocycles. The Morgan fingerprint density at radius 2 is 2.22 bits per heavy atom. The van der Waals surface area contributed by atoms with E-state index in [1.165, 1.54) is 12.3 Å². The second-order valence-electron chi connectivity index (χ2n) is 4.95. The van der Waals surface area contributed by atoms with E-state index in [1.807, 2.05) is 19.1 Å². The Labute approximate surface area is 143 Å². The van der Waals surface area contributed by atoms with E-state index in [0.717, 1.165) is 28.7 Å². The second kappa shape index (κ2) is 9.29. The molecule has 1 heterocycles. The smallest absolute Gasteiger partial charge is 0.191 e. The van der Waals surface area contributed by atoms with Gasteiger partial charge in [-0.15, -0.1) is 0 Å². The molecule has 1 aromatic heterocycles. The van der Waals surface area contributed by atoms with E-state index in [4.69, 9.17) is 4.52 Å². The van der Waals surface area contributed by atoms with Crippen LogP contribution < -0.4 is 10.6 Å². The van der Waals surface area contributed by atoms with Crippen LogP contribution >= 0.6 is 15.9 Å². The summed E-state index contributed by atoms with van der Waals surface area (Å²) in [5.41, 5.74) is 1.50. The van der Waals surface area contributed by atoms with Gasteiger partial charge in [0.15, 0.2) is 5.96 Å². The van der Waals surface area contributed by atoms with Crippen LogP contribution in [0.5, 0.6) is 0 Å². The van der Waals surface area contributed by atoms with Gasteiger partial charge in [0.05, 0.1) is 6.54 Å². The molecule has 0 atom stereocenters. The number of hydrogen-bond acceptors (Lipinski definition) is 3. The van der Waals surface area contributed by atoms with E-state index in [0.29, 0.717) is 25.5 Å². The molecule has 7 heteroatoms. The zero-order chi connectivity index (χ0) is 16.5. The summed E-state index contributed by atoms with van der Waals surface area (Å²) in [5.74, 6) is 0.540. The molecule has 0 spiro atoms. The molecule has 5 nitrogen and oxygen atoms in total. The molecule has 0 amide bonds. The standard InChI is InChI=1S/C16H20BrFN4O/c1-2-19-16(21-11-14-7-9-23-22-14)20-8-3-4-12-5-6-13(17)10-15(12)18/h5-7,9-10H,2-4,8,11H2,1H3,(H2,19,20,21). The van der Waals surface area contributed by atoms with Crippen LogP contribution in [0.4, 0.5) is 4.39 Å². The van der Waals surface area contributed by atoms with Crippen LogP contribution in [0, 0.1) is 5.82 Å². The van der Waals surface area contributed by atoms with E-state index in [1.54, 1.807) is 6.07 Å². The first-order chi connectivity index (χ1) is 11.2. The molecule has 0 unspecified atom stereocenters.